The van der Waals surface area contributed by atoms with Crippen LogP contribution in [-0.4, -0.2) is 12.1 Å². The van der Waals surface area contributed by atoms with Gasteiger partial charge in [-0.05, 0) is 68.6 Å². The molecule has 0 amide bonds. The number of aromatic nitrogens is 1. The van der Waals surface area contributed by atoms with Crippen molar-refractivity contribution in [3.05, 3.63) is 56.7 Å². The molecule has 0 fully saturated rings. The van der Waals surface area contributed by atoms with Crippen LogP contribution in [0.25, 0.3) is 0 Å². The number of hydrogen-bond acceptors (Lipinski definition) is 3. The van der Waals surface area contributed by atoms with E-state index in [1.165, 1.54) is 5.56 Å². The van der Waals surface area contributed by atoms with Gasteiger partial charge >= 0.3 is 0 Å². The van der Waals surface area contributed by atoms with Gasteiger partial charge in [0.15, 0.2) is 0 Å². The molecule has 1 unspecified atom stereocenters. The maximum absolute atomic E-state index is 5.30. The number of nitrogens with one attached hydrogen (secondary N) is 1. The lowest BCUT2D eigenvalue weighted by Crippen LogP contribution is -2.19. The van der Waals surface area contributed by atoms with Crippen LogP contribution in [0.15, 0.2) is 45.5 Å². The molecular weight excluding hydrogens is 384 g/mol. The highest BCUT2D eigenvalue weighted by Crippen LogP contribution is 2.34. The summed E-state index contributed by atoms with van der Waals surface area (Å²) < 4.78 is 7.18. The van der Waals surface area contributed by atoms with Crippen LogP contribution in [-0.2, 0) is 6.54 Å². The number of halogens is 2. The Balaban J connectivity index is 2.04. The molecule has 1 N–H and O–H groups in total. The number of ether oxygens (including phenoxy) is 1. The lowest BCUT2D eigenvalue weighted by atomic mass is 10.1. The van der Waals surface area contributed by atoms with Gasteiger partial charge in [-0.25, -0.2) is 0 Å². The SMILES string of the molecule is COc1c(Br)cc(CNC(C)c2ccccn2)cc1Br. The van der Waals surface area contributed by atoms with E-state index in [0.717, 1.165) is 26.9 Å². The molecule has 3 nitrogen and oxygen atoms in total. The van der Waals surface area contributed by atoms with Crippen LogP contribution in [0, 0.1) is 0 Å². The number of nitrogens with zero attached hydrogens (tertiary/aromatic N) is 1. The summed E-state index contributed by atoms with van der Waals surface area (Å²) in [6.07, 6.45) is 1.81. The highest BCUT2D eigenvalue weighted by atomic mass is 79.9. The third kappa shape index (κ3) is 3.81. The van der Waals surface area contributed by atoms with Crippen LogP contribution in [0.4, 0.5) is 0 Å². The maximum atomic E-state index is 5.30. The molecule has 1 aromatic carbocycles. The lowest BCUT2D eigenvalue weighted by Gasteiger charge is -2.14. The van der Waals surface area contributed by atoms with Gasteiger partial charge in [-0.3, -0.25) is 4.98 Å². The van der Waals surface area contributed by atoms with E-state index in [1.54, 1.807) is 7.11 Å². The molecule has 5 heteroatoms. The second kappa shape index (κ2) is 7.20. The second-order valence-electron chi connectivity index (χ2n) is 4.45. The van der Waals surface area contributed by atoms with Gasteiger partial charge < -0.3 is 10.1 Å². The fraction of sp³-hybridized carbons (Fsp3) is 0.267. The Morgan fingerprint density at radius 1 is 1.25 bits per heavy atom. The summed E-state index contributed by atoms with van der Waals surface area (Å²) in [6, 6.07) is 10.3. The third-order valence-electron chi connectivity index (χ3n) is 3.01. The first-order chi connectivity index (χ1) is 9.61. The molecule has 0 saturated carbocycles. The van der Waals surface area contributed by atoms with Crippen molar-refractivity contribution in [1.29, 1.82) is 0 Å². The number of methoxy groups -OCH3 is 1. The summed E-state index contributed by atoms with van der Waals surface area (Å²) in [5.74, 6) is 0.812. The van der Waals surface area contributed by atoms with Crippen LogP contribution in [0.5, 0.6) is 5.75 Å². The fourth-order valence-electron chi connectivity index (χ4n) is 1.92. The molecule has 0 bridgehead atoms. The van der Waals surface area contributed by atoms with Gasteiger partial charge in [0.1, 0.15) is 5.75 Å². The first-order valence-electron chi connectivity index (χ1n) is 6.28. The summed E-state index contributed by atoms with van der Waals surface area (Å²) >= 11 is 7.03. The maximum Gasteiger partial charge on any atom is 0.147 e. The standard InChI is InChI=1S/C15H16Br2N2O/c1-10(14-5-3-4-6-18-14)19-9-11-7-12(16)15(20-2)13(17)8-11/h3-8,10,19H,9H2,1-2H3. The van der Waals surface area contributed by atoms with E-state index >= 15 is 0 Å². The third-order valence-corrected chi connectivity index (χ3v) is 4.18. The molecule has 20 heavy (non-hydrogen) atoms. The molecule has 0 radical (unpaired) electrons. The number of hydrogen-bond donors (Lipinski definition) is 1. The Morgan fingerprint density at radius 2 is 1.95 bits per heavy atom. The monoisotopic (exact) mass is 398 g/mol. The van der Waals surface area contributed by atoms with Crippen molar-refractivity contribution < 1.29 is 4.74 Å². The largest absolute Gasteiger partial charge is 0.494 e. The van der Waals surface area contributed by atoms with E-state index in [2.05, 4.69) is 61.2 Å². The first kappa shape index (κ1) is 15.5. The summed E-state index contributed by atoms with van der Waals surface area (Å²) in [5, 5.41) is 3.46. The smallest absolute Gasteiger partial charge is 0.147 e. The molecule has 2 aromatic rings. The Bertz CT molecular complexity index is 552. The van der Waals surface area contributed by atoms with Gasteiger partial charge in [-0.2, -0.15) is 0 Å². The van der Waals surface area contributed by atoms with E-state index in [-0.39, 0.29) is 6.04 Å². The molecule has 0 aliphatic carbocycles. The van der Waals surface area contributed by atoms with E-state index in [9.17, 15) is 0 Å². The van der Waals surface area contributed by atoms with Gasteiger partial charge in [-0.1, -0.05) is 6.07 Å². The predicted octanol–water partition coefficient (Wildman–Crippen LogP) is 4.47. The number of benzene rings is 1. The minimum absolute atomic E-state index is 0.204. The van der Waals surface area contributed by atoms with Crippen molar-refractivity contribution in [3.8, 4) is 5.75 Å². The Hall–Kier alpha value is -0.910. The van der Waals surface area contributed by atoms with E-state index in [0.29, 0.717) is 0 Å². The summed E-state index contributed by atoms with van der Waals surface area (Å²) in [7, 11) is 1.66. The number of pyridine rings is 1. The van der Waals surface area contributed by atoms with Crippen LogP contribution in [0.2, 0.25) is 0 Å². The summed E-state index contributed by atoms with van der Waals surface area (Å²) in [5.41, 5.74) is 2.21. The molecule has 2 rings (SSSR count). The van der Waals surface area contributed by atoms with Crippen LogP contribution >= 0.6 is 31.9 Å². The van der Waals surface area contributed by atoms with Crippen molar-refractivity contribution in [2.75, 3.05) is 7.11 Å². The molecule has 0 spiro atoms. The molecular formula is C15H16Br2N2O. The molecule has 106 valence electrons. The van der Waals surface area contributed by atoms with Gasteiger partial charge in [0.05, 0.1) is 21.7 Å². The van der Waals surface area contributed by atoms with Crippen molar-refractivity contribution in [3.63, 3.8) is 0 Å². The quantitative estimate of drug-likeness (QED) is 0.805. The van der Waals surface area contributed by atoms with Crippen molar-refractivity contribution in [2.24, 2.45) is 0 Å². The zero-order valence-electron chi connectivity index (χ0n) is 11.4. The zero-order valence-corrected chi connectivity index (χ0v) is 14.5. The van der Waals surface area contributed by atoms with Gasteiger partial charge in [0.2, 0.25) is 0 Å². The van der Waals surface area contributed by atoms with Crippen molar-refractivity contribution in [2.45, 2.75) is 19.5 Å². The van der Waals surface area contributed by atoms with Crippen molar-refractivity contribution in [1.82, 2.24) is 10.3 Å². The highest BCUT2D eigenvalue weighted by molar-refractivity contribution is 9.11. The van der Waals surface area contributed by atoms with E-state index < -0.39 is 0 Å². The van der Waals surface area contributed by atoms with E-state index in [4.69, 9.17) is 4.74 Å². The van der Waals surface area contributed by atoms with E-state index in [1.807, 2.05) is 24.4 Å². The number of rotatable bonds is 5. The normalized spacial score (nSPS) is 12.2. The molecule has 1 atom stereocenters. The lowest BCUT2D eigenvalue weighted by molar-refractivity contribution is 0.409. The average Bonchev–Trinajstić information content (AvgIpc) is 2.45. The summed E-state index contributed by atoms with van der Waals surface area (Å²) in [6.45, 7) is 2.87. The minimum atomic E-state index is 0.204. The van der Waals surface area contributed by atoms with Crippen LogP contribution < -0.4 is 10.1 Å². The first-order valence-corrected chi connectivity index (χ1v) is 7.86. The van der Waals surface area contributed by atoms with Gasteiger partial charge in [-0.15, -0.1) is 0 Å². The summed E-state index contributed by atoms with van der Waals surface area (Å²) in [4.78, 5) is 4.35. The minimum Gasteiger partial charge on any atom is -0.494 e. The molecule has 0 aliphatic heterocycles. The average molecular weight is 400 g/mol. The van der Waals surface area contributed by atoms with Crippen LogP contribution in [0.3, 0.4) is 0 Å². The Kier molecular flexibility index (Phi) is 5.57. The molecule has 0 saturated heterocycles. The van der Waals surface area contributed by atoms with Crippen molar-refractivity contribution >= 4 is 31.9 Å². The predicted molar refractivity (Wildman–Crippen MR) is 87.9 cm³/mol. The molecule has 1 heterocycles. The Labute approximate surface area is 136 Å². The van der Waals surface area contributed by atoms with Gasteiger partial charge in [0.25, 0.3) is 0 Å². The molecule has 1 aromatic heterocycles. The highest BCUT2D eigenvalue weighted by Gasteiger charge is 2.09. The topological polar surface area (TPSA) is 34.1 Å². The Morgan fingerprint density at radius 3 is 2.50 bits per heavy atom. The van der Waals surface area contributed by atoms with Gasteiger partial charge in [0, 0.05) is 18.8 Å². The second-order valence-corrected chi connectivity index (χ2v) is 6.16. The fourth-order valence-corrected chi connectivity index (χ4v) is 3.52. The zero-order chi connectivity index (χ0) is 14.5. The molecule has 0 aliphatic rings. The van der Waals surface area contributed by atoms with Crippen LogP contribution in [0.1, 0.15) is 24.2 Å².